The number of fused-ring (bicyclic) bond motifs is 1. The highest BCUT2D eigenvalue weighted by molar-refractivity contribution is 5.56. The molecule has 0 radical (unpaired) electrons. The van der Waals surface area contributed by atoms with Crippen molar-refractivity contribution in [3.63, 3.8) is 0 Å². The predicted molar refractivity (Wildman–Crippen MR) is 93.6 cm³/mol. The van der Waals surface area contributed by atoms with Gasteiger partial charge in [0.15, 0.2) is 0 Å². The summed E-state index contributed by atoms with van der Waals surface area (Å²) in [6.45, 7) is 7.27. The molecule has 1 aliphatic rings. The van der Waals surface area contributed by atoms with Crippen molar-refractivity contribution in [1.29, 1.82) is 0 Å². The van der Waals surface area contributed by atoms with Crippen molar-refractivity contribution in [3.05, 3.63) is 75.8 Å². The van der Waals surface area contributed by atoms with Gasteiger partial charge >= 0.3 is 0 Å². The van der Waals surface area contributed by atoms with Gasteiger partial charge in [0, 0.05) is 17.8 Å². The van der Waals surface area contributed by atoms with Gasteiger partial charge in [-0.1, -0.05) is 47.6 Å². The minimum Gasteiger partial charge on any atom is -0.385 e. The quantitative estimate of drug-likeness (QED) is 0.920. The van der Waals surface area contributed by atoms with E-state index >= 15 is 0 Å². The first kappa shape index (κ1) is 14.6. The first-order chi connectivity index (χ1) is 10.7. The molecule has 0 saturated carbocycles. The van der Waals surface area contributed by atoms with E-state index in [0.29, 0.717) is 0 Å². The lowest BCUT2D eigenvalue weighted by Gasteiger charge is -2.15. The standard InChI is InChI=1S/C20H22N2/c1-4-21-19-11-9-15(3)13-17(19)20-7-5-6-16-12-14(2)8-10-18(16)22-20/h5-13,20-21H,4H2,1-3H3. The average Bonchev–Trinajstić information content (AvgIpc) is 2.71. The lowest BCUT2D eigenvalue weighted by molar-refractivity contribution is 0.871. The molecule has 1 aliphatic heterocycles. The molecule has 0 aliphatic carbocycles. The fourth-order valence-electron chi connectivity index (χ4n) is 2.83. The summed E-state index contributed by atoms with van der Waals surface area (Å²) >= 11 is 0. The number of nitrogens with zero attached hydrogens (tertiary/aromatic N) is 1. The Balaban J connectivity index is 2.13. The summed E-state index contributed by atoms with van der Waals surface area (Å²) < 4.78 is 0. The molecule has 0 bridgehead atoms. The number of rotatable bonds is 3. The molecule has 112 valence electrons. The summed E-state index contributed by atoms with van der Waals surface area (Å²) in [5, 5.41) is 5.70. The van der Waals surface area contributed by atoms with E-state index in [9.17, 15) is 0 Å². The van der Waals surface area contributed by atoms with Crippen molar-refractivity contribution in [2.24, 2.45) is 4.99 Å². The number of hydrogen-bond donors (Lipinski definition) is 1. The van der Waals surface area contributed by atoms with E-state index < -0.39 is 0 Å². The van der Waals surface area contributed by atoms with Crippen LogP contribution < -0.4 is 15.9 Å². The van der Waals surface area contributed by atoms with Crippen molar-refractivity contribution in [1.82, 2.24) is 0 Å². The molecule has 2 aromatic carbocycles. The Labute approximate surface area is 131 Å². The van der Waals surface area contributed by atoms with Gasteiger partial charge in [0.05, 0.1) is 11.4 Å². The number of nitrogens with one attached hydrogen (secondary N) is 1. The van der Waals surface area contributed by atoms with E-state index in [1.165, 1.54) is 27.6 Å². The smallest absolute Gasteiger partial charge is 0.0960 e. The van der Waals surface area contributed by atoms with Crippen LogP contribution >= 0.6 is 0 Å². The fraction of sp³-hybridized carbons (Fsp3) is 0.250. The first-order valence-corrected chi connectivity index (χ1v) is 7.85. The Hall–Kier alpha value is -2.35. The van der Waals surface area contributed by atoms with Crippen molar-refractivity contribution < 1.29 is 0 Å². The van der Waals surface area contributed by atoms with Crippen LogP contribution in [0.3, 0.4) is 0 Å². The maximum atomic E-state index is 4.98. The maximum absolute atomic E-state index is 4.98. The lowest BCUT2D eigenvalue weighted by Crippen LogP contribution is -2.24. The van der Waals surface area contributed by atoms with Crippen molar-refractivity contribution in [3.8, 4) is 0 Å². The van der Waals surface area contributed by atoms with Crippen LogP contribution in [0.2, 0.25) is 0 Å². The van der Waals surface area contributed by atoms with Crippen LogP contribution in [-0.2, 0) is 0 Å². The average molecular weight is 290 g/mol. The van der Waals surface area contributed by atoms with Gasteiger partial charge in [0.1, 0.15) is 0 Å². The molecule has 3 rings (SSSR count). The molecule has 0 aromatic heterocycles. The molecule has 2 heteroatoms. The summed E-state index contributed by atoms with van der Waals surface area (Å²) in [6, 6.07) is 13.0. The first-order valence-electron chi connectivity index (χ1n) is 7.85. The summed E-state index contributed by atoms with van der Waals surface area (Å²) in [6.07, 6.45) is 6.44. The molecule has 1 atom stereocenters. The SMILES string of the molecule is CCNc1ccc(C)cc1C1C=CC=c2cc(C)ccc2=N1. The largest absolute Gasteiger partial charge is 0.385 e. The molecule has 0 fully saturated rings. The van der Waals surface area contributed by atoms with E-state index in [0.717, 1.165) is 11.9 Å². The Bertz CT molecular complexity index is 831. The zero-order chi connectivity index (χ0) is 15.5. The van der Waals surface area contributed by atoms with Crippen LogP contribution in [0.15, 0.2) is 53.5 Å². The zero-order valence-corrected chi connectivity index (χ0v) is 13.4. The van der Waals surface area contributed by atoms with Gasteiger partial charge in [-0.3, -0.25) is 4.99 Å². The maximum Gasteiger partial charge on any atom is 0.0960 e. The normalized spacial score (nSPS) is 16.2. The molecule has 1 N–H and O–H groups in total. The van der Waals surface area contributed by atoms with Gasteiger partial charge < -0.3 is 5.32 Å². The highest BCUT2D eigenvalue weighted by Gasteiger charge is 2.12. The van der Waals surface area contributed by atoms with E-state index in [1.54, 1.807) is 0 Å². The van der Waals surface area contributed by atoms with Crippen LogP contribution in [0.25, 0.3) is 6.08 Å². The minimum atomic E-state index is 0.0501. The van der Waals surface area contributed by atoms with Gasteiger partial charge in [-0.05, 0) is 44.2 Å². The monoisotopic (exact) mass is 290 g/mol. The molecule has 2 aromatic rings. The highest BCUT2D eigenvalue weighted by atomic mass is 14.9. The Morgan fingerprint density at radius 3 is 2.64 bits per heavy atom. The predicted octanol–water partition coefficient (Wildman–Crippen LogP) is 3.45. The van der Waals surface area contributed by atoms with Gasteiger partial charge in [-0.2, -0.15) is 0 Å². The highest BCUT2D eigenvalue weighted by Crippen LogP contribution is 2.28. The summed E-state index contributed by atoms with van der Waals surface area (Å²) in [5.74, 6) is 0. The van der Waals surface area contributed by atoms with Gasteiger partial charge in [0.25, 0.3) is 0 Å². The summed E-state index contributed by atoms with van der Waals surface area (Å²) in [7, 11) is 0. The van der Waals surface area contributed by atoms with E-state index in [4.69, 9.17) is 4.99 Å². The molecule has 0 amide bonds. The number of benzene rings is 2. The van der Waals surface area contributed by atoms with Crippen LogP contribution in [0.5, 0.6) is 0 Å². The van der Waals surface area contributed by atoms with Crippen LogP contribution in [-0.4, -0.2) is 6.54 Å². The number of anilines is 1. The molecule has 2 nitrogen and oxygen atoms in total. The van der Waals surface area contributed by atoms with Crippen LogP contribution in [0, 0.1) is 13.8 Å². The van der Waals surface area contributed by atoms with Crippen LogP contribution in [0.1, 0.15) is 29.7 Å². The molecule has 1 unspecified atom stereocenters. The number of hydrogen-bond acceptors (Lipinski definition) is 2. The minimum absolute atomic E-state index is 0.0501. The lowest BCUT2D eigenvalue weighted by atomic mass is 10.0. The third-order valence-electron chi connectivity index (χ3n) is 3.92. The van der Waals surface area contributed by atoms with Crippen LogP contribution in [0.4, 0.5) is 5.69 Å². The second-order valence-electron chi connectivity index (χ2n) is 5.81. The molecule has 22 heavy (non-hydrogen) atoms. The fourth-order valence-corrected chi connectivity index (χ4v) is 2.83. The molecular formula is C20H22N2. The molecule has 0 spiro atoms. The Morgan fingerprint density at radius 1 is 1.05 bits per heavy atom. The second-order valence-corrected chi connectivity index (χ2v) is 5.81. The molecule has 1 heterocycles. The van der Waals surface area contributed by atoms with Crippen molar-refractivity contribution in [2.45, 2.75) is 26.8 Å². The van der Waals surface area contributed by atoms with E-state index in [-0.39, 0.29) is 6.04 Å². The van der Waals surface area contributed by atoms with Crippen molar-refractivity contribution >= 4 is 11.8 Å². The Kier molecular flexibility index (Phi) is 4.10. The zero-order valence-electron chi connectivity index (χ0n) is 13.4. The Morgan fingerprint density at radius 2 is 1.82 bits per heavy atom. The number of allylic oxidation sites excluding steroid dienone is 1. The topological polar surface area (TPSA) is 24.4 Å². The second kappa shape index (κ2) is 6.18. The van der Waals surface area contributed by atoms with Gasteiger partial charge in [-0.25, -0.2) is 0 Å². The summed E-state index contributed by atoms with van der Waals surface area (Å²) in [4.78, 5) is 4.98. The number of aryl methyl sites for hydroxylation is 2. The third kappa shape index (κ3) is 2.96. The van der Waals surface area contributed by atoms with Crippen molar-refractivity contribution in [2.75, 3.05) is 11.9 Å². The van der Waals surface area contributed by atoms with E-state index in [1.807, 2.05) is 0 Å². The van der Waals surface area contributed by atoms with E-state index in [2.05, 4.69) is 80.7 Å². The molecular weight excluding hydrogens is 268 g/mol. The third-order valence-corrected chi connectivity index (χ3v) is 3.92. The molecule has 0 saturated heterocycles. The summed E-state index contributed by atoms with van der Waals surface area (Å²) in [5.41, 5.74) is 4.93. The van der Waals surface area contributed by atoms with Gasteiger partial charge in [0.2, 0.25) is 0 Å². The van der Waals surface area contributed by atoms with Gasteiger partial charge in [-0.15, -0.1) is 0 Å².